The summed E-state index contributed by atoms with van der Waals surface area (Å²) >= 11 is 2.02. The second-order valence-corrected chi connectivity index (χ2v) is 9.06. The van der Waals surface area contributed by atoms with E-state index in [0.717, 1.165) is 3.57 Å². The first-order valence-corrected chi connectivity index (χ1v) is 10.0. The molecule has 2 aromatic rings. The van der Waals surface area contributed by atoms with Gasteiger partial charge in [-0.1, -0.05) is 6.07 Å². The zero-order chi connectivity index (χ0) is 17.5. The number of nitrogens with zero attached hydrogens (tertiary/aromatic N) is 1. The van der Waals surface area contributed by atoms with Crippen LogP contribution in [0.2, 0.25) is 0 Å². The lowest BCUT2D eigenvalue weighted by molar-refractivity contribution is 0.599. The van der Waals surface area contributed by atoms with E-state index in [9.17, 15) is 17.6 Å². The molecule has 0 amide bonds. The van der Waals surface area contributed by atoms with Gasteiger partial charge in [-0.15, -0.1) is 0 Å². The van der Waals surface area contributed by atoms with E-state index >= 15 is 0 Å². The minimum atomic E-state index is -3.46. The molecule has 8 heteroatoms. The maximum Gasteiger partial charge on any atom is 0.250 e. The van der Waals surface area contributed by atoms with E-state index < -0.39 is 10.0 Å². The van der Waals surface area contributed by atoms with Gasteiger partial charge in [-0.3, -0.25) is 9.52 Å². The molecule has 0 unspecified atom stereocenters. The predicted octanol–water partition coefficient (Wildman–Crippen LogP) is 2.62. The van der Waals surface area contributed by atoms with E-state index in [1.165, 1.54) is 22.8 Å². The Kier molecular flexibility index (Phi) is 4.69. The van der Waals surface area contributed by atoms with Gasteiger partial charge < -0.3 is 4.57 Å². The van der Waals surface area contributed by atoms with Crippen molar-refractivity contribution in [3.63, 3.8) is 0 Å². The molecular weight excluding hydrogens is 446 g/mol. The van der Waals surface area contributed by atoms with E-state index in [4.69, 9.17) is 0 Å². The van der Waals surface area contributed by atoms with E-state index in [1.54, 1.807) is 19.2 Å². The van der Waals surface area contributed by atoms with Crippen LogP contribution in [0.1, 0.15) is 24.1 Å². The minimum Gasteiger partial charge on any atom is -0.313 e. The fourth-order valence-electron chi connectivity index (χ4n) is 2.44. The largest absolute Gasteiger partial charge is 0.313 e. The smallest absolute Gasteiger partial charge is 0.250 e. The molecule has 5 nitrogen and oxygen atoms in total. The lowest BCUT2D eigenvalue weighted by Crippen LogP contribution is -2.25. The van der Waals surface area contributed by atoms with Gasteiger partial charge in [0, 0.05) is 28.8 Å². The third kappa shape index (κ3) is 3.64. The second-order valence-electron chi connectivity index (χ2n) is 5.85. The molecule has 0 atom stereocenters. The predicted molar refractivity (Wildman–Crippen MR) is 99.2 cm³/mol. The summed E-state index contributed by atoms with van der Waals surface area (Å²) in [5, 5.41) is -0.377. The summed E-state index contributed by atoms with van der Waals surface area (Å²) in [5.74, 6) is -0.380. The standard InChI is InChI=1S/C16H16FIN2O3S/c1-20-15(8-10-2-3-11(18)9-13(10)17)14(6-7-16(20)21)19-24(22,23)12-4-5-12/h2-3,6-7,9,12,19H,4-5,8H2,1H3. The first-order valence-electron chi connectivity index (χ1n) is 7.42. The van der Waals surface area contributed by atoms with Crippen molar-refractivity contribution in [1.29, 1.82) is 0 Å². The number of anilines is 1. The molecular formula is C16H16FIN2O3S. The second kappa shape index (κ2) is 6.47. The summed E-state index contributed by atoms with van der Waals surface area (Å²) in [5.41, 5.74) is 0.891. The van der Waals surface area contributed by atoms with E-state index in [2.05, 4.69) is 4.72 Å². The maximum atomic E-state index is 14.1. The Morgan fingerprint density at radius 3 is 2.62 bits per heavy atom. The normalized spacial score (nSPS) is 14.6. The average Bonchev–Trinajstić information content (AvgIpc) is 3.34. The fourth-order valence-corrected chi connectivity index (χ4v) is 4.31. The van der Waals surface area contributed by atoms with Crippen LogP contribution in [0.25, 0.3) is 0 Å². The highest BCUT2D eigenvalue weighted by atomic mass is 127. The quantitative estimate of drug-likeness (QED) is 0.695. The van der Waals surface area contributed by atoms with Crippen molar-refractivity contribution in [2.45, 2.75) is 24.5 Å². The molecule has 0 radical (unpaired) electrons. The number of aromatic nitrogens is 1. The average molecular weight is 462 g/mol. The van der Waals surface area contributed by atoms with Crippen LogP contribution in [0.3, 0.4) is 0 Å². The molecule has 0 saturated heterocycles. The molecule has 0 spiro atoms. The molecule has 1 saturated carbocycles. The molecule has 3 rings (SSSR count). The summed E-state index contributed by atoms with van der Waals surface area (Å²) in [4.78, 5) is 11.9. The first-order chi connectivity index (χ1) is 11.3. The summed E-state index contributed by atoms with van der Waals surface area (Å²) in [7, 11) is -1.91. The monoisotopic (exact) mass is 462 g/mol. The van der Waals surface area contributed by atoms with Gasteiger partial charge in [0.15, 0.2) is 0 Å². The van der Waals surface area contributed by atoms with Gasteiger partial charge in [0.1, 0.15) is 5.82 Å². The number of pyridine rings is 1. The molecule has 1 heterocycles. The maximum absolute atomic E-state index is 14.1. The summed E-state index contributed by atoms with van der Waals surface area (Å²) in [6, 6.07) is 7.58. The number of halogens is 2. The lowest BCUT2D eigenvalue weighted by Gasteiger charge is -2.16. The van der Waals surface area contributed by atoms with E-state index in [0.29, 0.717) is 29.8 Å². The van der Waals surface area contributed by atoms with Crippen molar-refractivity contribution in [2.75, 3.05) is 4.72 Å². The van der Waals surface area contributed by atoms with Crippen molar-refractivity contribution in [3.8, 4) is 0 Å². The molecule has 1 aliphatic carbocycles. The highest BCUT2D eigenvalue weighted by Gasteiger charge is 2.36. The molecule has 24 heavy (non-hydrogen) atoms. The van der Waals surface area contributed by atoms with Crippen LogP contribution < -0.4 is 10.3 Å². The molecule has 1 N–H and O–H groups in total. The molecule has 1 aromatic heterocycles. The lowest BCUT2D eigenvalue weighted by atomic mass is 10.1. The Hall–Kier alpha value is -1.42. The summed E-state index contributed by atoms with van der Waals surface area (Å²) in [6.45, 7) is 0. The van der Waals surface area contributed by atoms with Crippen LogP contribution in [0, 0.1) is 9.39 Å². The third-order valence-corrected chi connectivity index (χ3v) is 6.55. The SMILES string of the molecule is Cn1c(Cc2ccc(I)cc2F)c(NS(=O)(=O)C2CC2)ccc1=O. The van der Waals surface area contributed by atoms with Gasteiger partial charge in [-0.25, -0.2) is 12.8 Å². The van der Waals surface area contributed by atoms with Crippen LogP contribution in [-0.4, -0.2) is 18.2 Å². The number of rotatable bonds is 5. The van der Waals surface area contributed by atoms with Crippen LogP contribution >= 0.6 is 22.6 Å². The fraction of sp³-hybridized carbons (Fsp3) is 0.312. The number of nitrogens with one attached hydrogen (secondary N) is 1. The van der Waals surface area contributed by atoms with Gasteiger partial charge in [0.2, 0.25) is 10.0 Å². The van der Waals surface area contributed by atoms with Crippen LogP contribution in [-0.2, 0) is 23.5 Å². The van der Waals surface area contributed by atoms with Crippen molar-refractivity contribution in [1.82, 2.24) is 4.57 Å². The van der Waals surface area contributed by atoms with E-state index in [-0.39, 0.29) is 23.0 Å². The molecule has 1 fully saturated rings. The Labute approximate surface area is 153 Å². The van der Waals surface area contributed by atoms with Crippen molar-refractivity contribution in [2.24, 2.45) is 7.05 Å². The zero-order valence-electron chi connectivity index (χ0n) is 12.9. The Morgan fingerprint density at radius 1 is 1.29 bits per heavy atom. The Bertz CT molecular complexity index is 952. The minimum absolute atomic E-state index is 0.123. The summed E-state index contributed by atoms with van der Waals surface area (Å²) < 4.78 is 43.2. The van der Waals surface area contributed by atoms with Gasteiger partial charge >= 0.3 is 0 Å². The van der Waals surface area contributed by atoms with Crippen LogP contribution in [0.15, 0.2) is 35.1 Å². The molecule has 1 aromatic carbocycles. The Balaban J connectivity index is 2.01. The molecule has 128 valence electrons. The molecule has 0 bridgehead atoms. The molecule has 1 aliphatic rings. The Morgan fingerprint density at radius 2 is 2.00 bits per heavy atom. The third-order valence-electron chi connectivity index (χ3n) is 4.03. The number of hydrogen-bond donors (Lipinski definition) is 1. The number of hydrogen-bond acceptors (Lipinski definition) is 3. The van der Waals surface area contributed by atoms with Crippen LogP contribution in [0.5, 0.6) is 0 Å². The first kappa shape index (κ1) is 17.4. The zero-order valence-corrected chi connectivity index (χ0v) is 15.9. The number of benzene rings is 1. The number of sulfonamides is 1. The highest BCUT2D eigenvalue weighted by molar-refractivity contribution is 14.1. The van der Waals surface area contributed by atoms with E-state index in [1.807, 2.05) is 22.6 Å². The molecule has 0 aliphatic heterocycles. The topological polar surface area (TPSA) is 68.2 Å². The van der Waals surface area contributed by atoms with Gasteiger partial charge in [-0.2, -0.15) is 0 Å². The van der Waals surface area contributed by atoms with Crippen LogP contribution in [0.4, 0.5) is 10.1 Å². The van der Waals surface area contributed by atoms with Crippen molar-refractivity contribution in [3.05, 3.63) is 61.3 Å². The van der Waals surface area contributed by atoms with Crippen molar-refractivity contribution < 1.29 is 12.8 Å². The highest BCUT2D eigenvalue weighted by Crippen LogP contribution is 2.30. The van der Waals surface area contributed by atoms with Gasteiger partial charge in [-0.05, 0) is 59.2 Å². The van der Waals surface area contributed by atoms with Crippen molar-refractivity contribution >= 4 is 38.3 Å². The van der Waals surface area contributed by atoms with Gasteiger partial charge in [0.25, 0.3) is 5.56 Å². The van der Waals surface area contributed by atoms with Gasteiger partial charge in [0.05, 0.1) is 10.9 Å². The summed E-state index contributed by atoms with van der Waals surface area (Å²) in [6.07, 6.45) is 1.40.